The number of amides is 1. The van der Waals surface area contributed by atoms with E-state index in [4.69, 9.17) is 10.2 Å². The number of hydrogen-bond donors (Lipinski definition) is 1. The number of hydrogen-bond acceptors (Lipinski definition) is 4. The van der Waals surface area contributed by atoms with Crippen LogP contribution < -0.4 is 5.73 Å². The summed E-state index contributed by atoms with van der Waals surface area (Å²) in [6, 6.07) is 9.88. The predicted molar refractivity (Wildman–Crippen MR) is 86.1 cm³/mol. The summed E-state index contributed by atoms with van der Waals surface area (Å²) < 4.78 is 5.78. The Hall–Kier alpha value is -2.14. The molecule has 0 fully saturated rings. The van der Waals surface area contributed by atoms with Crippen molar-refractivity contribution in [2.45, 2.75) is 20.3 Å². The molecule has 118 valence electrons. The molecule has 0 saturated heterocycles. The lowest BCUT2D eigenvalue weighted by Gasteiger charge is -2.21. The topological polar surface area (TPSA) is 72.4 Å². The van der Waals surface area contributed by atoms with E-state index in [0.29, 0.717) is 24.8 Å². The Balaban J connectivity index is 1.95. The van der Waals surface area contributed by atoms with Gasteiger partial charge in [-0.15, -0.1) is 0 Å². The molecule has 1 heterocycles. The number of carbonyl (C=O) groups excluding carboxylic acids is 1. The van der Waals surface area contributed by atoms with Gasteiger partial charge in [0.05, 0.1) is 12.7 Å². The quantitative estimate of drug-likeness (QED) is 0.812. The second kappa shape index (κ2) is 7.75. The summed E-state index contributed by atoms with van der Waals surface area (Å²) in [7, 11) is 0. The molecular formula is C17H23N3O2. The molecule has 22 heavy (non-hydrogen) atoms. The Morgan fingerprint density at radius 1 is 1.32 bits per heavy atom. The summed E-state index contributed by atoms with van der Waals surface area (Å²) in [5.74, 6) is 1.61. The van der Waals surface area contributed by atoms with E-state index >= 15 is 0 Å². The maximum Gasteiger partial charge on any atom is 0.231 e. The van der Waals surface area contributed by atoms with Crippen LogP contribution in [0.25, 0.3) is 11.3 Å². The highest BCUT2D eigenvalue weighted by atomic mass is 16.4. The fourth-order valence-corrected chi connectivity index (χ4v) is 2.39. The predicted octanol–water partition coefficient (Wildman–Crippen LogP) is 2.33. The smallest absolute Gasteiger partial charge is 0.231 e. The SMILES string of the molecule is CC(C)CN(CCc1ncc(-c2ccccc2)o1)CC(N)=O. The van der Waals surface area contributed by atoms with Crippen LogP contribution in [0.2, 0.25) is 0 Å². The van der Waals surface area contributed by atoms with E-state index in [1.165, 1.54) is 0 Å². The number of aromatic nitrogens is 1. The van der Waals surface area contributed by atoms with Gasteiger partial charge in [0.1, 0.15) is 0 Å². The van der Waals surface area contributed by atoms with E-state index in [1.54, 1.807) is 6.20 Å². The second-order valence-electron chi connectivity index (χ2n) is 5.83. The monoisotopic (exact) mass is 301 g/mol. The van der Waals surface area contributed by atoms with Crippen molar-refractivity contribution in [1.29, 1.82) is 0 Å². The number of rotatable bonds is 8. The van der Waals surface area contributed by atoms with Crippen LogP contribution >= 0.6 is 0 Å². The van der Waals surface area contributed by atoms with Crippen molar-refractivity contribution in [3.05, 3.63) is 42.4 Å². The second-order valence-corrected chi connectivity index (χ2v) is 5.83. The lowest BCUT2D eigenvalue weighted by atomic mass is 10.2. The van der Waals surface area contributed by atoms with Crippen LogP contribution in [0.3, 0.4) is 0 Å². The van der Waals surface area contributed by atoms with Gasteiger partial charge < -0.3 is 10.2 Å². The third kappa shape index (κ3) is 5.00. The molecule has 0 unspecified atom stereocenters. The fraction of sp³-hybridized carbons (Fsp3) is 0.412. The number of primary amides is 1. The fourth-order valence-electron chi connectivity index (χ4n) is 2.39. The number of carbonyl (C=O) groups is 1. The van der Waals surface area contributed by atoms with Gasteiger partial charge in [-0.3, -0.25) is 9.69 Å². The molecule has 0 aliphatic rings. The van der Waals surface area contributed by atoms with Crippen molar-refractivity contribution >= 4 is 5.91 Å². The minimum atomic E-state index is -0.307. The van der Waals surface area contributed by atoms with Gasteiger partial charge in [-0.25, -0.2) is 4.98 Å². The van der Waals surface area contributed by atoms with Gasteiger partial charge in [-0.05, 0) is 5.92 Å². The summed E-state index contributed by atoms with van der Waals surface area (Å²) in [5, 5.41) is 0. The van der Waals surface area contributed by atoms with Crippen molar-refractivity contribution in [3.8, 4) is 11.3 Å². The van der Waals surface area contributed by atoms with Crippen LogP contribution in [0.15, 0.2) is 40.9 Å². The van der Waals surface area contributed by atoms with Crippen molar-refractivity contribution in [3.63, 3.8) is 0 Å². The van der Waals surface area contributed by atoms with Gasteiger partial charge in [0.2, 0.25) is 5.91 Å². The first-order valence-electron chi connectivity index (χ1n) is 7.55. The lowest BCUT2D eigenvalue weighted by Crippen LogP contribution is -2.37. The highest BCUT2D eigenvalue weighted by Crippen LogP contribution is 2.20. The summed E-state index contributed by atoms with van der Waals surface area (Å²) in [6.07, 6.45) is 2.40. The first-order chi connectivity index (χ1) is 10.5. The normalized spacial score (nSPS) is 11.3. The third-order valence-corrected chi connectivity index (χ3v) is 3.26. The standard InChI is InChI=1S/C17H23N3O2/c1-13(2)11-20(12-16(18)21)9-8-17-19-10-15(22-17)14-6-4-3-5-7-14/h3-7,10,13H,8-9,11-12H2,1-2H3,(H2,18,21). The summed E-state index contributed by atoms with van der Waals surface area (Å²) >= 11 is 0. The Labute approximate surface area is 131 Å². The van der Waals surface area contributed by atoms with Gasteiger partial charge in [-0.2, -0.15) is 0 Å². The Kier molecular flexibility index (Phi) is 5.72. The number of oxazole rings is 1. The maximum atomic E-state index is 11.1. The van der Waals surface area contributed by atoms with E-state index in [1.807, 2.05) is 35.2 Å². The number of benzene rings is 1. The molecule has 2 aromatic rings. The maximum absolute atomic E-state index is 11.1. The average molecular weight is 301 g/mol. The Morgan fingerprint density at radius 2 is 2.05 bits per heavy atom. The van der Waals surface area contributed by atoms with E-state index in [-0.39, 0.29) is 12.5 Å². The molecule has 2 N–H and O–H groups in total. The molecule has 2 rings (SSSR count). The van der Waals surface area contributed by atoms with E-state index < -0.39 is 0 Å². The van der Waals surface area contributed by atoms with Crippen LogP contribution in [0.4, 0.5) is 0 Å². The first-order valence-corrected chi connectivity index (χ1v) is 7.55. The number of nitrogens with two attached hydrogens (primary N) is 1. The van der Waals surface area contributed by atoms with Crippen molar-refractivity contribution in [1.82, 2.24) is 9.88 Å². The van der Waals surface area contributed by atoms with E-state index in [9.17, 15) is 4.79 Å². The Bertz CT molecular complexity index is 593. The minimum absolute atomic E-state index is 0.268. The van der Waals surface area contributed by atoms with Crippen molar-refractivity contribution in [2.24, 2.45) is 11.7 Å². The molecule has 0 saturated carbocycles. The molecule has 0 bridgehead atoms. The van der Waals surface area contributed by atoms with Crippen LogP contribution in [0.1, 0.15) is 19.7 Å². The molecule has 0 spiro atoms. The zero-order valence-corrected chi connectivity index (χ0v) is 13.2. The van der Waals surface area contributed by atoms with Crippen LogP contribution in [0, 0.1) is 5.92 Å². The third-order valence-electron chi connectivity index (χ3n) is 3.26. The largest absolute Gasteiger partial charge is 0.441 e. The van der Waals surface area contributed by atoms with E-state index in [0.717, 1.165) is 17.9 Å². The van der Waals surface area contributed by atoms with Gasteiger partial charge in [0.25, 0.3) is 0 Å². The van der Waals surface area contributed by atoms with Crippen molar-refractivity contribution < 1.29 is 9.21 Å². The van der Waals surface area contributed by atoms with Gasteiger partial charge in [0, 0.05) is 25.1 Å². The van der Waals surface area contributed by atoms with Gasteiger partial charge >= 0.3 is 0 Å². The molecule has 0 atom stereocenters. The zero-order valence-electron chi connectivity index (χ0n) is 13.2. The molecular weight excluding hydrogens is 278 g/mol. The zero-order chi connectivity index (χ0) is 15.9. The van der Waals surface area contributed by atoms with Crippen molar-refractivity contribution in [2.75, 3.05) is 19.6 Å². The summed E-state index contributed by atoms with van der Waals surface area (Å²) in [4.78, 5) is 17.5. The van der Waals surface area contributed by atoms with Gasteiger partial charge in [0.15, 0.2) is 11.7 Å². The lowest BCUT2D eigenvalue weighted by molar-refractivity contribution is -0.119. The Morgan fingerprint density at radius 3 is 2.68 bits per heavy atom. The molecule has 0 aliphatic heterocycles. The summed E-state index contributed by atoms with van der Waals surface area (Å²) in [5.41, 5.74) is 6.31. The van der Waals surface area contributed by atoms with Crippen LogP contribution in [-0.2, 0) is 11.2 Å². The number of nitrogens with zero attached hydrogens (tertiary/aromatic N) is 2. The molecule has 0 radical (unpaired) electrons. The average Bonchev–Trinajstić information content (AvgIpc) is 2.93. The molecule has 5 nitrogen and oxygen atoms in total. The van der Waals surface area contributed by atoms with Crippen LogP contribution in [-0.4, -0.2) is 35.4 Å². The molecule has 1 aromatic heterocycles. The molecule has 1 amide bonds. The highest BCUT2D eigenvalue weighted by Gasteiger charge is 2.12. The first kappa shape index (κ1) is 16.2. The molecule has 0 aliphatic carbocycles. The van der Waals surface area contributed by atoms with Crippen LogP contribution in [0.5, 0.6) is 0 Å². The highest BCUT2D eigenvalue weighted by molar-refractivity contribution is 5.75. The minimum Gasteiger partial charge on any atom is -0.441 e. The molecule has 5 heteroatoms. The van der Waals surface area contributed by atoms with E-state index in [2.05, 4.69) is 18.8 Å². The molecule has 1 aromatic carbocycles. The summed E-state index contributed by atoms with van der Waals surface area (Å²) in [6.45, 7) is 6.04. The van der Waals surface area contributed by atoms with Gasteiger partial charge in [-0.1, -0.05) is 44.2 Å².